The molecule has 0 aliphatic carbocycles. The molecule has 0 N–H and O–H groups in total. The third-order valence-electron chi connectivity index (χ3n) is 2.00. The number of carbonyl (C=O) groups is 2. The number of carbonyl (C=O) groups excluding carboxylic acids is 2. The Balaban J connectivity index is 0.000000494. The Labute approximate surface area is 121 Å². The first-order chi connectivity index (χ1) is 8.29. The lowest BCUT2D eigenvalue weighted by Crippen LogP contribution is -2.11. The molecule has 3 nitrogen and oxygen atoms in total. The highest BCUT2D eigenvalue weighted by Gasteiger charge is 2.14. The normalized spacial score (nSPS) is 9.72. The van der Waals surface area contributed by atoms with E-state index < -0.39 is 0 Å². The lowest BCUT2D eigenvalue weighted by atomic mass is 10.2. The fraction of sp³-hybridized carbons (Fsp3) is 0.538. The molecule has 1 aromatic heterocycles. The Morgan fingerprint density at radius 3 is 2.17 bits per heavy atom. The maximum Gasteiger partial charge on any atom is 0.348 e. The Bertz CT molecular complexity index is 410. The molecule has 0 amide bonds. The molecule has 102 valence electrons. The van der Waals surface area contributed by atoms with Crippen LogP contribution in [0.1, 0.15) is 41.6 Å². The van der Waals surface area contributed by atoms with Crippen LogP contribution in [0.4, 0.5) is 0 Å². The highest BCUT2D eigenvalue weighted by Crippen LogP contribution is 2.21. The second kappa shape index (κ2) is 8.43. The predicted molar refractivity (Wildman–Crippen MR) is 78.8 cm³/mol. The average molecular weight is 335 g/mol. The van der Waals surface area contributed by atoms with Crippen molar-refractivity contribution >= 4 is 39.0 Å². The smallest absolute Gasteiger partial charge is 0.348 e. The van der Waals surface area contributed by atoms with Crippen molar-refractivity contribution in [3.63, 3.8) is 0 Å². The lowest BCUT2D eigenvalue weighted by molar-refractivity contribution is -0.114. The van der Waals surface area contributed by atoms with Gasteiger partial charge in [0.05, 0.1) is 11.4 Å². The monoisotopic (exact) mass is 334 g/mol. The molecule has 1 aromatic rings. The van der Waals surface area contributed by atoms with Crippen LogP contribution < -0.4 is 0 Å². The molecule has 0 fully saturated rings. The first-order valence-corrected chi connectivity index (χ1v) is 7.60. The zero-order chi connectivity index (χ0) is 14.3. The summed E-state index contributed by atoms with van der Waals surface area (Å²) < 4.78 is 5.10. The number of hydrogen-bond acceptors (Lipinski definition) is 4. The SMILES string of the molecule is CC(=O)CBr.Cc1csc(C(=O)OC(C)C)c1C. The van der Waals surface area contributed by atoms with Crippen molar-refractivity contribution < 1.29 is 14.3 Å². The average Bonchev–Trinajstić information content (AvgIpc) is 2.59. The number of ketones is 1. The van der Waals surface area contributed by atoms with Crippen LogP contribution in [0.15, 0.2) is 5.38 Å². The van der Waals surface area contributed by atoms with Crippen LogP contribution in [0.3, 0.4) is 0 Å². The molecule has 0 unspecified atom stereocenters. The van der Waals surface area contributed by atoms with Crippen molar-refractivity contribution in [1.82, 2.24) is 0 Å². The largest absolute Gasteiger partial charge is 0.459 e. The molecule has 0 aromatic carbocycles. The van der Waals surface area contributed by atoms with E-state index in [1.807, 2.05) is 33.1 Å². The molecule has 0 saturated carbocycles. The molecule has 1 rings (SSSR count). The van der Waals surface area contributed by atoms with Crippen LogP contribution in [-0.4, -0.2) is 23.2 Å². The van der Waals surface area contributed by atoms with E-state index in [2.05, 4.69) is 15.9 Å². The van der Waals surface area contributed by atoms with Gasteiger partial charge in [0.2, 0.25) is 0 Å². The van der Waals surface area contributed by atoms with E-state index in [1.54, 1.807) is 0 Å². The van der Waals surface area contributed by atoms with Crippen molar-refractivity contribution in [3.05, 3.63) is 21.4 Å². The van der Waals surface area contributed by atoms with Gasteiger partial charge in [-0.2, -0.15) is 0 Å². The van der Waals surface area contributed by atoms with Crippen LogP contribution in [0.25, 0.3) is 0 Å². The van der Waals surface area contributed by atoms with Crippen LogP contribution in [0.2, 0.25) is 0 Å². The number of esters is 1. The van der Waals surface area contributed by atoms with Gasteiger partial charge in [-0.15, -0.1) is 11.3 Å². The van der Waals surface area contributed by atoms with E-state index in [4.69, 9.17) is 4.74 Å². The molecule has 5 heteroatoms. The van der Waals surface area contributed by atoms with E-state index in [-0.39, 0.29) is 17.9 Å². The third kappa shape index (κ3) is 6.31. The first kappa shape index (κ1) is 17.3. The van der Waals surface area contributed by atoms with Crippen LogP contribution >= 0.6 is 27.3 Å². The molecular weight excluding hydrogens is 316 g/mol. The summed E-state index contributed by atoms with van der Waals surface area (Å²) in [6.45, 7) is 9.19. The Morgan fingerprint density at radius 1 is 1.39 bits per heavy atom. The van der Waals surface area contributed by atoms with Gasteiger partial charge in [-0.05, 0) is 51.1 Å². The molecular formula is C13H19BrO3S. The summed E-state index contributed by atoms with van der Waals surface area (Å²) in [5, 5.41) is 2.46. The van der Waals surface area contributed by atoms with Crippen molar-refractivity contribution in [2.45, 2.75) is 40.7 Å². The number of aryl methyl sites for hydroxylation is 1. The number of rotatable bonds is 3. The molecule has 0 radical (unpaired) electrons. The minimum Gasteiger partial charge on any atom is -0.459 e. The summed E-state index contributed by atoms with van der Waals surface area (Å²) >= 11 is 4.42. The highest BCUT2D eigenvalue weighted by atomic mass is 79.9. The van der Waals surface area contributed by atoms with E-state index in [1.165, 1.54) is 18.3 Å². The number of alkyl halides is 1. The summed E-state index contributed by atoms with van der Waals surface area (Å²) in [6, 6.07) is 0. The third-order valence-corrected chi connectivity index (χ3v) is 3.97. The van der Waals surface area contributed by atoms with Crippen molar-refractivity contribution in [2.24, 2.45) is 0 Å². The second-order valence-electron chi connectivity index (χ2n) is 4.16. The Kier molecular flexibility index (Phi) is 8.11. The molecule has 0 atom stereocenters. The van der Waals surface area contributed by atoms with Gasteiger partial charge in [-0.25, -0.2) is 4.79 Å². The van der Waals surface area contributed by atoms with Crippen molar-refractivity contribution in [2.75, 3.05) is 5.33 Å². The van der Waals surface area contributed by atoms with Crippen molar-refractivity contribution in [3.8, 4) is 0 Å². The van der Waals surface area contributed by atoms with Gasteiger partial charge in [0.15, 0.2) is 0 Å². The van der Waals surface area contributed by atoms with E-state index in [9.17, 15) is 9.59 Å². The number of halogens is 1. The molecule has 0 saturated heterocycles. The zero-order valence-electron chi connectivity index (χ0n) is 11.4. The van der Waals surface area contributed by atoms with E-state index in [0.717, 1.165) is 16.0 Å². The maximum absolute atomic E-state index is 11.5. The number of hydrogen-bond donors (Lipinski definition) is 0. The van der Waals surface area contributed by atoms with Crippen LogP contribution in [-0.2, 0) is 9.53 Å². The summed E-state index contributed by atoms with van der Waals surface area (Å²) in [6.07, 6.45) is -0.0469. The lowest BCUT2D eigenvalue weighted by Gasteiger charge is -2.06. The van der Waals surface area contributed by atoms with E-state index in [0.29, 0.717) is 5.33 Å². The molecule has 0 aliphatic heterocycles. The fourth-order valence-corrected chi connectivity index (χ4v) is 1.93. The molecule has 0 spiro atoms. The zero-order valence-corrected chi connectivity index (χ0v) is 13.8. The van der Waals surface area contributed by atoms with Gasteiger partial charge in [-0.3, -0.25) is 4.79 Å². The molecule has 1 heterocycles. The minimum atomic E-state index is -0.203. The first-order valence-electron chi connectivity index (χ1n) is 5.60. The van der Waals surface area contributed by atoms with Gasteiger partial charge < -0.3 is 4.74 Å². The van der Waals surface area contributed by atoms with Gasteiger partial charge in [0.1, 0.15) is 10.7 Å². The summed E-state index contributed by atoms with van der Waals surface area (Å²) in [5.41, 5.74) is 2.19. The Morgan fingerprint density at radius 2 is 1.89 bits per heavy atom. The topological polar surface area (TPSA) is 43.4 Å². The summed E-state index contributed by atoms with van der Waals surface area (Å²) in [7, 11) is 0. The van der Waals surface area contributed by atoms with Crippen molar-refractivity contribution in [1.29, 1.82) is 0 Å². The fourth-order valence-electron chi connectivity index (χ4n) is 0.972. The van der Waals surface area contributed by atoms with Gasteiger partial charge in [-0.1, -0.05) is 15.9 Å². The van der Waals surface area contributed by atoms with Gasteiger partial charge in [0.25, 0.3) is 0 Å². The highest BCUT2D eigenvalue weighted by molar-refractivity contribution is 9.09. The molecule has 18 heavy (non-hydrogen) atoms. The number of Topliss-reactive ketones (excluding diaryl/α,β-unsaturated/α-hetero) is 1. The number of thiophene rings is 1. The number of ether oxygens (including phenoxy) is 1. The second-order valence-corrected chi connectivity index (χ2v) is 5.60. The Hall–Kier alpha value is -0.680. The summed E-state index contributed by atoms with van der Waals surface area (Å²) in [5.74, 6) is -0.0319. The van der Waals surface area contributed by atoms with Crippen LogP contribution in [0, 0.1) is 13.8 Å². The maximum atomic E-state index is 11.5. The van der Waals surface area contributed by atoms with E-state index >= 15 is 0 Å². The quantitative estimate of drug-likeness (QED) is 0.621. The van der Waals surface area contributed by atoms with Crippen LogP contribution in [0.5, 0.6) is 0 Å². The summed E-state index contributed by atoms with van der Waals surface area (Å²) in [4.78, 5) is 22.0. The molecule has 0 bridgehead atoms. The minimum absolute atomic E-state index is 0.0469. The molecule has 0 aliphatic rings. The van der Waals surface area contributed by atoms with Gasteiger partial charge >= 0.3 is 5.97 Å². The van der Waals surface area contributed by atoms with Gasteiger partial charge in [0, 0.05) is 0 Å². The standard InChI is InChI=1S/C10H14O2S.C3H5BrO/c1-6(2)12-10(11)9-8(4)7(3)5-13-9;1-3(5)2-4/h5-6H,1-4H3;2H2,1H3. The predicted octanol–water partition coefficient (Wildman–Crippen LogP) is 3.90.